The molecule has 1 heterocycles. The molecule has 1 aromatic heterocycles. The molecular formula is C21H20O3. The fourth-order valence-electron chi connectivity index (χ4n) is 3.50. The van der Waals surface area contributed by atoms with Crippen LogP contribution in [0.5, 0.6) is 5.75 Å². The van der Waals surface area contributed by atoms with E-state index in [0.717, 1.165) is 53.5 Å². The van der Waals surface area contributed by atoms with Gasteiger partial charge in [0.1, 0.15) is 17.4 Å². The zero-order valence-corrected chi connectivity index (χ0v) is 13.7. The van der Waals surface area contributed by atoms with E-state index in [-0.39, 0.29) is 11.7 Å². The third-order valence-corrected chi connectivity index (χ3v) is 4.78. The molecule has 0 unspecified atom stereocenters. The minimum Gasteiger partial charge on any atom is -0.486 e. The molecule has 1 aliphatic rings. The third kappa shape index (κ3) is 2.71. The molecule has 0 saturated carbocycles. The van der Waals surface area contributed by atoms with Gasteiger partial charge in [-0.1, -0.05) is 30.3 Å². The monoisotopic (exact) mass is 320 g/mol. The summed E-state index contributed by atoms with van der Waals surface area (Å²) in [5, 5.41) is 1.05. The summed E-state index contributed by atoms with van der Waals surface area (Å²) in [5.41, 5.74) is 3.57. The quantitative estimate of drug-likeness (QED) is 0.650. The second-order valence-corrected chi connectivity index (χ2v) is 6.38. The Morgan fingerprint density at radius 2 is 1.75 bits per heavy atom. The number of hydrogen-bond acceptors (Lipinski definition) is 3. The van der Waals surface area contributed by atoms with Crippen LogP contribution in [0.25, 0.3) is 11.0 Å². The van der Waals surface area contributed by atoms with E-state index in [4.69, 9.17) is 9.15 Å². The van der Waals surface area contributed by atoms with Gasteiger partial charge < -0.3 is 9.15 Å². The molecule has 0 fully saturated rings. The summed E-state index contributed by atoms with van der Waals surface area (Å²) >= 11 is 0. The number of ether oxygens (including phenoxy) is 1. The maximum atomic E-state index is 12.2. The van der Waals surface area contributed by atoms with Gasteiger partial charge in [0, 0.05) is 17.0 Å². The summed E-state index contributed by atoms with van der Waals surface area (Å²) in [6, 6.07) is 15.9. The van der Waals surface area contributed by atoms with Crippen molar-refractivity contribution in [2.75, 3.05) is 0 Å². The first-order valence-electron chi connectivity index (χ1n) is 8.52. The Labute approximate surface area is 140 Å². The van der Waals surface area contributed by atoms with Crippen LogP contribution in [0.1, 0.15) is 42.6 Å². The number of hydrogen-bond donors (Lipinski definition) is 0. The van der Waals surface area contributed by atoms with Crippen molar-refractivity contribution in [1.29, 1.82) is 0 Å². The van der Waals surface area contributed by atoms with Gasteiger partial charge >= 0.3 is 5.63 Å². The van der Waals surface area contributed by atoms with Crippen LogP contribution in [0.2, 0.25) is 0 Å². The standard InChI is InChI=1S/C21H20O3/c1-14(15-7-3-2-4-8-15)23-16-11-12-18-17-9-5-6-10-19(17)21(22)24-20(18)13-16/h2-4,7-8,11-14H,5-6,9-10H2,1H3/t14-/m0/s1. The van der Waals surface area contributed by atoms with Crippen molar-refractivity contribution in [2.24, 2.45) is 0 Å². The van der Waals surface area contributed by atoms with Crippen LogP contribution < -0.4 is 10.4 Å². The van der Waals surface area contributed by atoms with E-state index >= 15 is 0 Å². The van der Waals surface area contributed by atoms with Crippen LogP contribution in [-0.4, -0.2) is 0 Å². The van der Waals surface area contributed by atoms with Crippen molar-refractivity contribution in [3.63, 3.8) is 0 Å². The Morgan fingerprint density at radius 1 is 1.00 bits per heavy atom. The molecule has 2 aromatic carbocycles. The van der Waals surface area contributed by atoms with E-state index in [0.29, 0.717) is 5.58 Å². The molecule has 0 aliphatic heterocycles. The predicted octanol–water partition coefficient (Wildman–Crippen LogP) is 4.81. The molecular weight excluding hydrogens is 300 g/mol. The van der Waals surface area contributed by atoms with Gasteiger partial charge in [-0.15, -0.1) is 0 Å². The molecule has 3 heteroatoms. The van der Waals surface area contributed by atoms with Gasteiger partial charge in [-0.3, -0.25) is 0 Å². The first kappa shape index (κ1) is 15.0. The smallest absolute Gasteiger partial charge is 0.339 e. The molecule has 0 spiro atoms. The summed E-state index contributed by atoms with van der Waals surface area (Å²) in [4.78, 5) is 12.2. The molecule has 3 nitrogen and oxygen atoms in total. The van der Waals surface area contributed by atoms with E-state index in [1.54, 1.807) is 0 Å². The Morgan fingerprint density at radius 3 is 2.54 bits per heavy atom. The van der Waals surface area contributed by atoms with Gasteiger partial charge in [-0.25, -0.2) is 4.79 Å². The minimum absolute atomic E-state index is 0.0620. The Hall–Kier alpha value is -2.55. The van der Waals surface area contributed by atoms with E-state index < -0.39 is 0 Å². The molecule has 4 rings (SSSR count). The van der Waals surface area contributed by atoms with Crippen molar-refractivity contribution in [2.45, 2.75) is 38.7 Å². The summed E-state index contributed by atoms with van der Waals surface area (Å²) < 4.78 is 11.6. The lowest BCUT2D eigenvalue weighted by Gasteiger charge is -2.18. The molecule has 24 heavy (non-hydrogen) atoms. The van der Waals surface area contributed by atoms with Crippen molar-refractivity contribution in [3.05, 3.63) is 75.6 Å². The van der Waals surface area contributed by atoms with Gasteiger partial charge in [0.25, 0.3) is 0 Å². The minimum atomic E-state index is -0.189. The molecule has 3 aromatic rings. The van der Waals surface area contributed by atoms with Crippen molar-refractivity contribution in [3.8, 4) is 5.75 Å². The predicted molar refractivity (Wildman–Crippen MR) is 94.6 cm³/mol. The molecule has 0 radical (unpaired) electrons. The van der Waals surface area contributed by atoms with Crippen LogP contribution in [0.4, 0.5) is 0 Å². The van der Waals surface area contributed by atoms with Crippen LogP contribution in [-0.2, 0) is 12.8 Å². The van der Waals surface area contributed by atoms with Crippen molar-refractivity contribution in [1.82, 2.24) is 0 Å². The second kappa shape index (κ2) is 6.16. The molecule has 1 aliphatic carbocycles. The average molecular weight is 320 g/mol. The number of fused-ring (bicyclic) bond motifs is 3. The fraction of sp³-hybridized carbons (Fsp3) is 0.286. The van der Waals surface area contributed by atoms with E-state index in [2.05, 4.69) is 0 Å². The first-order chi connectivity index (χ1) is 11.7. The lowest BCUT2D eigenvalue weighted by atomic mass is 9.91. The second-order valence-electron chi connectivity index (χ2n) is 6.38. The highest BCUT2D eigenvalue weighted by Gasteiger charge is 2.18. The molecule has 0 amide bonds. The summed E-state index contributed by atoms with van der Waals surface area (Å²) in [6.45, 7) is 2.02. The van der Waals surface area contributed by atoms with Crippen LogP contribution in [0.15, 0.2) is 57.7 Å². The fourth-order valence-corrected chi connectivity index (χ4v) is 3.50. The van der Waals surface area contributed by atoms with Gasteiger partial charge in [0.15, 0.2) is 0 Å². The maximum absolute atomic E-state index is 12.2. The first-order valence-corrected chi connectivity index (χ1v) is 8.52. The molecule has 122 valence electrons. The van der Waals surface area contributed by atoms with Crippen LogP contribution in [0.3, 0.4) is 0 Å². The van der Waals surface area contributed by atoms with Gasteiger partial charge in [0.05, 0.1) is 0 Å². The van der Waals surface area contributed by atoms with Crippen LogP contribution in [0, 0.1) is 0 Å². The average Bonchev–Trinajstić information content (AvgIpc) is 2.62. The lowest BCUT2D eigenvalue weighted by molar-refractivity contribution is 0.227. The molecule has 0 saturated heterocycles. The normalized spacial score (nSPS) is 15.0. The zero-order chi connectivity index (χ0) is 16.5. The summed E-state index contributed by atoms with van der Waals surface area (Å²) in [5.74, 6) is 0.720. The van der Waals surface area contributed by atoms with Crippen molar-refractivity contribution >= 4 is 11.0 Å². The third-order valence-electron chi connectivity index (χ3n) is 4.78. The van der Waals surface area contributed by atoms with Crippen molar-refractivity contribution < 1.29 is 9.15 Å². The topological polar surface area (TPSA) is 39.4 Å². The molecule has 0 bridgehead atoms. The lowest BCUT2D eigenvalue weighted by Crippen LogP contribution is -2.15. The molecule has 1 atom stereocenters. The highest BCUT2D eigenvalue weighted by molar-refractivity contribution is 5.82. The number of rotatable bonds is 3. The maximum Gasteiger partial charge on any atom is 0.339 e. The Kier molecular flexibility index (Phi) is 3.85. The largest absolute Gasteiger partial charge is 0.486 e. The van der Waals surface area contributed by atoms with Gasteiger partial charge in [-0.2, -0.15) is 0 Å². The molecule has 0 N–H and O–H groups in total. The number of aryl methyl sites for hydroxylation is 1. The van der Waals surface area contributed by atoms with Crippen LogP contribution >= 0.6 is 0 Å². The summed E-state index contributed by atoms with van der Waals surface area (Å²) in [7, 11) is 0. The highest BCUT2D eigenvalue weighted by atomic mass is 16.5. The SMILES string of the molecule is C[C@H](Oc1ccc2c3c(c(=O)oc2c1)CCCC3)c1ccccc1. The van der Waals surface area contributed by atoms with E-state index in [1.807, 2.05) is 55.5 Å². The highest BCUT2D eigenvalue weighted by Crippen LogP contribution is 2.30. The van der Waals surface area contributed by atoms with Gasteiger partial charge in [-0.05, 0) is 55.9 Å². The van der Waals surface area contributed by atoms with E-state index in [1.165, 1.54) is 0 Å². The number of benzene rings is 2. The zero-order valence-electron chi connectivity index (χ0n) is 13.7. The Balaban J connectivity index is 1.70. The van der Waals surface area contributed by atoms with Gasteiger partial charge in [0.2, 0.25) is 0 Å². The Bertz CT molecular complexity index is 925. The summed E-state index contributed by atoms with van der Waals surface area (Å²) in [6.07, 6.45) is 3.93. The van der Waals surface area contributed by atoms with E-state index in [9.17, 15) is 4.79 Å².